The van der Waals surface area contributed by atoms with Gasteiger partial charge in [0.1, 0.15) is 0 Å². The third-order valence-corrected chi connectivity index (χ3v) is 2.28. The smallest absolute Gasteiger partial charge is 0.353 e. The van der Waals surface area contributed by atoms with Crippen LogP contribution in [0.15, 0.2) is 24.4 Å². The third-order valence-electron chi connectivity index (χ3n) is 2.28. The molecule has 5 heteroatoms. The van der Waals surface area contributed by atoms with Crippen LogP contribution in [0.4, 0.5) is 0 Å². The Morgan fingerprint density at radius 3 is 2.58 bits per heavy atom. The summed E-state index contributed by atoms with van der Waals surface area (Å²) < 4.78 is 10.1. The number of ether oxygens (including phenoxy) is 2. The number of pyridine rings is 1. The van der Waals surface area contributed by atoms with Gasteiger partial charge in [0.25, 0.3) is 0 Å². The molecule has 0 spiro atoms. The van der Waals surface area contributed by atoms with Crippen molar-refractivity contribution in [2.45, 2.75) is 33.3 Å². The van der Waals surface area contributed by atoms with E-state index in [0.29, 0.717) is 5.69 Å². The second-order valence-corrected chi connectivity index (χ2v) is 4.47. The second-order valence-electron chi connectivity index (χ2n) is 4.47. The number of carbonyl (C=O) groups excluding carboxylic acids is 2. The first-order valence-electron chi connectivity index (χ1n) is 6.31. The van der Waals surface area contributed by atoms with Crippen molar-refractivity contribution in [1.82, 2.24) is 4.98 Å². The van der Waals surface area contributed by atoms with Crippen LogP contribution >= 0.6 is 0 Å². The maximum atomic E-state index is 11.8. The van der Waals surface area contributed by atoms with Crippen molar-refractivity contribution in [3.8, 4) is 0 Å². The molecule has 1 unspecified atom stereocenters. The highest BCUT2D eigenvalue weighted by atomic mass is 16.6. The van der Waals surface area contributed by atoms with Crippen LogP contribution in [0.5, 0.6) is 0 Å². The molecule has 0 saturated heterocycles. The van der Waals surface area contributed by atoms with Gasteiger partial charge in [0, 0.05) is 12.6 Å². The van der Waals surface area contributed by atoms with E-state index in [4.69, 9.17) is 9.47 Å². The lowest BCUT2D eigenvalue weighted by Crippen LogP contribution is -2.23. The van der Waals surface area contributed by atoms with E-state index in [1.54, 1.807) is 25.1 Å². The molecule has 5 nitrogen and oxygen atoms in total. The monoisotopic (exact) mass is 265 g/mol. The van der Waals surface area contributed by atoms with Crippen LogP contribution in [0.3, 0.4) is 0 Å². The molecule has 0 amide bonds. The van der Waals surface area contributed by atoms with E-state index in [2.05, 4.69) is 4.98 Å². The van der Waals surface area contributed by atoms with E-state index < -0.39 is 18.0 Å². The van der Waals surface area contributed by atoms with Crippen LogP contribution in [0.2, 0.25) is 0 Å². The highest BCUT2D eigenvalue weighted by Gasteiger charge is 2.27. The summed E-state index contributed by atoms with van der Waals surface area (Å²) in [6.07, 6.45) is 0.702. The molecule has 1 heterocycles. The Morgan fingerprint density at radius 2 is 2.05 bits per heavy atom. The molecule has 0 aromatic carbocycles. The summed E-state index contributed by atoms with van der Waals surface area (Å²) in [6.45, 7) is 5.73. The summed E-state index contributed by atoms with van der Waals surface area (Å²) in [4.78, 5) is 27.6. The number of rotatable bonds is 6. The average molecular weight is 265 g/mol. The summed E-state index contributed by atoms with van der Waals surface area (Å²) >= 11 is 0. The molecule has 104 valence electrons. The van der Waals surface area contributed by atoms with Crippen LogP contribution in [0.25, 0.3) is 0 Å². The van der Waals surface area contributed by atoms with Gasteiger partial charge in [-0.15, -0.1) is 0 Å². The van der Waals surface area contributed by atoms with Crippen molar-refractivity contribution in [3.63, 3.8) is 0 Å². The fourth-order valence-electron chi connectivity index (χ4n) is 1.49. The molecule has 19 heavy (non-hydrogen) atoms. The van der Waals surface area contributed by atoms with Gasteiger partial charge in [-0.05, 0) is 25.0 Å². The maximum Gasteiger partial charge on any atom is 0.353 e. The SMILES string of the molecule is CCOC(=O)C(OC(=O)CC(C)C)c1ccccn1. The van der Waals surface area contributed by atoms with E-state index in [9.17, 15) is 9.59 Å². The lowest BCUT2D eigenvalue weighted by molar-refractivity contribution is -0.169. The van der Waals surface area contributed by atoms with E-state index in [1.165, 1.54) is 6.20 Å². The van der Waals surface area contributed by atoms with Gasteiger partial charge in [0.2, 0.25) is 6.10 Å². The Labute approximate surface area is 112 Å². The maximum absolute atomic E-state index is 11.8. The zero-order valence-corrected chi connectivity index (χ0v) is 11.5. The van der Waals surface area contributed by atoms with Gasteiger partial charge in [0.15, 0.2) is 0 Å². The summed E-state index contributed by atoms with van der Waals surface area (Å²) in [5.74, 6) is -0.865. The predicted octanol–water partition coefficient (Wildman–Crippen LogP) is 2.28. The topological polar surface area (TPSA) is 65.5 Å². The first-order chi connectivity index (χ1) is 9.04. The second kappa shape index (κ2) is 7.51. The van der Waals surface area contributed by atoms with Crippen molar-refractivity contribution < 1.29 is 19.1 Å². The number of esters is 2. The lowest BCUT2D eigenvalue weighted by atomic mass is 10.1. The molecule has 0 radical (unpaired) electrons. The van der Waals surface area contributed by atoms with Gasteiger partial charge < -0.3 is 9.47 Å². The molecule has 0 aliphatic rings. The van der Waals surface area contributed by atoms with Crippen LogP contribution in [0.1, 0.15) is 39.0 Å². The molecule has 1 atom stereocenters. The number of carbonyl (C=O) groups is 2. The fraction of sp³-hybridized carbons (Fsp3) is 0.500. The van der Waals surface area contributed by atoms with Crippen LogP contribution in [-0.2, 0) is 19.1 Å². The summed E-state index contributed by atoms with van der Waals surface area (Å²) in [6, 6.07) is 5.08. The Kier molecular flexibility index (Phi) is 5.99. The molecule has 0 bridgehead atoms. The first-order valence-corrected chi connectivity index (χ1v) is 6.31. The van der Waals surface area contributed by atoms with Gasteiger partial charge in [0.05, 0.1) is 12.3 Å². The summed E-state index contributed by atoms with van der Waals surface area (Å²) in [5, 5.41) is 0. The Hall–Kier alpha value is -1.91. The zero-order valence-electron chi connectivity index (χ0n) is 11.5. The van der Waals surface area contributed by atoms with Crippen molar-refractivity contribution in [2.24, 2.45) is 5.92 Å². The van der Waals surface area contributed by atoms with Gasteiger partial charge in [-0.2, -0.15) is 0 Å². The Morgan fingerprint density at radius 1 is 1.32 bits per heavy atom. The number of hydrogen-bond acceptors (Lipinski definition) is 5. The van der Waals surface area contributed by atoms with Crippen molar-refractivity contribution in [1.29, 1.82) is 0 Å². The van der Waals surface area contributed by atoms with Crippen LogP contribution < -0.4 is 0 Å². The Balaban J connectivity index is 2.81. The predicted molar refractivity (Wildman–Crippen MR) is 69.2 cm³/mol. The highest BCUT2D eigenvalue weighted by molar-refractivity contribution is 5.80. The van der Waals surface area contributed by atoms with Crippen molar-refractivity contribution >= 4 is 11.9 Å². The van der Waals surface area contributed by atoms with Gasteiger partial charge >= 0.3 is 11.9 Å². The molecule has 0 fully saturated rings. The molecule has 1 aromatic heterocycles. The number of aromatic nitrogens is 1. The van der Waals surface area contributed by atoms with Gasteiger partial charge in [-0.25, -0.2) is 4.79 Å². The van der Waals surface area contributed by atoms with Crippen molar-refractivity contribution in [3.05, 3.63) is 30.1 Å². The first kappa shape index (κ1) is 15.1. The lowest BCUT2D eigenvalue weighted by Gasteiger charge is -2.16. The highest BCUT2D eigenvalue weighted by Crippen LogP contribution is 2.18. The third kappa shape index (κ3) is 5.07. The van der Waals surface area contributed by atoms with Crippen LogP contribution in [-0.4, -0.2) is 23.5 Å². The fourth-order valence-corrected chi connectivity index (χ4v) is 1.49. The molecule has 0 saturated carbocycles. The van der Waals surface area contributed by atoms with E-state index >= 15 is 0 Å². The van der Waals surface area contributed by atoms with E-state index in [-0.39, 0.29) is 18.9 Å². The average Bonchev–Trinajstić information content (AvgIpc) is 2.36. The van der Waals surface area contributed by atoms with Gasteiger partial charge in [-0.3, -0.25) is 9.78 Å². The molecular weight excluding hydrogens is 246 g/mol. The molecule has 1 rings (SSSR count). The summed E-state index contributed by atoms with van der Waals surface area (Å²) in [7, 11) is 0. The largest absolute Gasteiger partial charge is 0.463 e. The normalized spacial score (nSPS) is 12.0. The van der Waals surface area contributed by atoms with E-state index in [0.717, 1.165) is 0 Å². The minimum atomic E-state index is -1.09. The molecule has 0 aliphatic heterocycles. The quantitative estimate of drug-likeness (QED) is 0.738. The number of nitrogens with zero attached hydrogens (tertiary/aromatic N) is 1. The van der Waals surface area contributed by atoms with Crippen LogP contribution in [0, 0.1) is 5.92 Å². The molecular formula is C14H19NO4. The minimum absolute atomic E-state index is 0.166. The zero-order chi connectivity index (χ0) is 14.3. The van der Waals surface area contributed by atoms with Gasteiger partial charge in [-0.1, -0.05) is 19.9 Å². The molecule has 0 N–H and O–H groups in total. The summed E-state index contributed by atoms with van der Waals surface area (Å²) in [5.41, 5.74) is 0.373. The Bertz CT molecular complexity index is 417. The standard InChI is InChI=1S/C14H19NO4/c1-4-18-14(17)13(11-7-5-6-8-15-11)19-12(16)9-10(2)3/h5-8,10,13H,4,9H2,1-3H3. The van der Waals surface area contributed by atoms with E-state index in [1.807, 2.05) is 13.8 Å². The molecule has 0 aliphatic carbocycles. The minimum Gasteiger partial charge on any atom is -0.463 e. The molecule has 1 aromatic rings. The van der Waals surface area contributed by atoms with Crippen molar-refractivity contribution in [2.75, 3.05) is 6.61 Å². The number of hydrogen-bond donors (Lipinski definition) is 0.